The van der Waals surface area contributed by atoms with Gasteiger partial charge in [-0.3, -0.25) is 14.4 Å². The first kappa shape index (κ1) is 31.9. The lowest BCUT2D eigenvalue weighted by molar-refractivity contribution is -0.147. The number of benzene rings is 2. The summed E-state index contributed by atoms with van der Waals surface area (Å²) >= 11 is 6.31. The first-order chi connectivity index (χ1) is 19.1. The van der Waals surface area contributed by atoms with E-state index >= 15 is 0 Å². The molecule has 0 radical (unpaired) electrons. The average molecular weight is 605 g/mol. The normalized spacial score (nSPS) is 17.0. The molecule has 2 aromatic rings. The zero-order chi connectivity index (χ0) is 30.5. The van der Waals surface area contributed by atoms with E-state index in [4.69, 9.17) is 17.3 Å². The Balaban J connectivity index is 1.99. The van der Waals surface area contributed by atoms with E-state index in [1.807, 2.05) is 13.0 Å². The SMILES string of the molecule is Cc1cccc(C2=N[C@H](NC(=O)C(CCC(F)(F)F)C(CCCC(F)(F)F)C(N)=O)C(=O)Nc3c(Cl)cccc32)c1. The number of aliphatic imine (C=N–C) groups is 1. The molecule has 7 nitrogen and oxygen atoms in total. The van der Waals surface area contributed by atoms with Gasteiger partial charge in [-0.25, -0.2) is 4.99 Å². The fourth-order valence-electron chi connectivity index (χ4n) is 4.56. The number of nitrogens with zero attached hydrogens (tertiary/aromatic N) is 1. The quantitative estimate of drug-likeness (QED) is 0.304. The van der Waals surface area contributed by atoms with Crippen LogP contribution in [-0.4, -0.2) is 42.0 Å². The average Bonchev–Trinajstić information content (AvgIpc) is 2.99. The van der Waals surface area contributed by atoms with E-state index in [1.165, 1.54) is 6.07 Å². The summed E-state index contributed by atoms with van der Waals surface area (Å²) in [5, 5.41) is 5.00. The van der Waals surface area contributed by atoms with Gasteiger partial charge in [0.05, 0.1) is 16.4 Å². The van der Waals surface area contributed by atoms with Gasteiger partial charge in [0.1, 0.15) is 0 Å². The number of alkyl halides is 6. The minimum atomic E-state index is -4.73. The van der Waals surface area contributed by atoms with Gasteiger partial charge in [-0.1, -0.05) is 47.5 Å². The first-order valence-electron chi connectivity index (χ1n) is 12.5. The number of nitrogens with one attached hydrogen (secondary N) is 2. The number of fused-ring (bicyclic) bond motifs is 1. The van der Waals surface area contributed by atoms with Gasteiger partial charge in [0.2, 0.25) is 18.0 Å². The minimum absolute atomic E-state index is 0.157. The molecule has 0 fully saturated rings. The number of hydrogen-bond acceptors (Lipinski definition) is 4. The van der Waals surface area contributed by atoms with E-state index < -0.39 is 80.2 Å². The zero-order valence-corrected chi connectivity index (χ0v) is 22.5. The third-order valence-corrected chi connectivity index (χ3v) is 6.81. The summed E-state index contributed by atoms with van der Waals surface area (Å²) in [4.78, 5) is 43.0. The lowest BCUT2D eigenvalue weighted by Gasteiger charge is -2.26. The molecule has 0 aromatic heterocycles. The standard InChI is InChI=1S/C27H27ClF6N4O3/c1-14-5-2-6-15(13-14)20-18-7-3-9-19(28)21(18)37-25(41)23(36-20)38-24(40)17(10-12-27(32,33)34)16(22(35)39)8-4-11-26(29,30)31/h2-3,5-7,9,13,16-17,23H,4,8,10-12H2,1H3,(H2,35,39)(H,37,41)(H,38,40)/t16?,17?,23-/m1/s1. The third-order valence-electron chi connectivity index (χ3n) is 6.50. The predicted octanol–water partition coefficient (Wildman–Crippen LogP) is 5.67. The lowest BCUT2D eigenvalue weighted by atomic mass is 9.83. The van der Waals surface area contributed by atoms with Gasteiger partial charge in [-0.15, -0.1) is 0 Å². The Kier molecular flexibility index (Phi) is 10.1. The van der Waals surface area contributed by atoms with Gasteiger partial charge in [0, 0.05) is 35.8 Å². The molecule has 1 heterocycles. The van der Waals surface area contributed by atoms with Crippen LogP contribution in [0.5, 0.6) is 0 Å². The Morgan fingerprint density at radius 1 is 1.02 bits per heavy atom. The summed E-state index contributed by atoms with van der Waals surface area (Å²) in [6.07, 6.45) is -16.0. The Morgan fingerprint density at radius 2 is 1.68 bits per heavy atom. The molecule has 0 saturated heterocycles. The molecule has 3 atom stereocenters. The van der Waals surface area contributed by atoms with Gasteiger partial charge < -0.3 is 16.4 Å². The topological polar surface area (TPSA) is 114 Å². The van der Waals surface area contributed by atoms with Crippen molar-refractivity contribution in [2.24, 2.45) is 22.6 Å². The predicted molar refractivity (Wildman–Crippen MR) is 140 cm³/mol. The maximum Gasteiger partial charge on any atom is 0.389 e. The second kappa shape index (κ2) is 12.9. The van der Waals surface area contributed by atoms with Crippen molar-refractivity contribution in [1.29, 1.82) is 0 Å². The highest BCUT2D eigenvalue weighted by Crippen LogP contribution is 2.33. The van der Waals surface area contributed by atoms with Crippen LogP contribution in [0.2, 0.25) is 5.02 Å². The number of primary amides is 1. The van der Waals surface area contributed by atoms with Crippen LogP contribution >= 0.6 is 11.6 Å². The molecular formula is C27H27ClF6N4O3. The number of para-hydroxylation sites is 1. The maximum absolute atomic E-state index is 13.3. The van der Waals surface area contributed by atoms with Crippen LogP contribution in [0.3, 0.4) is 0 Å². The van der Waals surface area contributed by atoms with E-state index in [1.54, 1.807) is 30.3 Å². The van der Waals surface area contributed by atoms with Crippen molar-refractivity contribution in [3.8, 4) is 0 Å². The van der Waals surface area contributed by atoms with Crippen LogP contribution < -0.4 is 16.4 Å². The Hall–Kier alpha value is -3.61. The second-order valence-electron chi connectivity index (χ2n) is 9.69. The van der Waals surface area contributed by atoms with E-state index in [9.17, 15) is 40.7 Å². The number of anilines is 1. The molecule has 1 aliphatic rings. The fraction of sp³-hybridized carbons (Fsp3) is 0.407. The van der Waals surface area contributed by atoms with Crippen molar-refractivity contribution >= 4 is 40.7 Å². The molecule has 0 saturated carbocycles. The Bertz CT molecular complexity index is 1330. The van der Waals surface area contributed by atoms with Gasteiger partial charge in [-0.05, 0) is 38.3 Å². The van der Waals surface area contributed by atoms with Gasteiger partial charge in [-0.2, -0.15) is 26.3 Å². The van der Waals surface area contributed by atoms with E-state index in [0.29, 0.717) is 11.1 Å². The van der Waals surface area contributed by atoms with Crippen LogP contribution in [0.1, 0.15) is 48.8 Å². The highest BCUT2D eigenvalue weighted by molar-refractivity contribution is 6.36. The zero-order valence-electron chi connectivity index (χ0n) is 21.7. The number of halogens is 7. The number of aryl methyl sites for hydroxylation is 1. The van der Waals surface area contributed by atoms with Crippen molar-refractivity contribution in [2.45, 2.75) is 57.5 Å². The molecule has 3 amide bonds. The van der Waals surface area contributed by atoms with Crippen molar-refractivity contribution < 1.29 is 40.7 Å². The summed E-state index contributed by atoms with van der Waals surface area (Å²) < 4.78 is 77.4. The summed E-state index contributed by atoms with van der Waals surface area (Å²) in [5.41, 5.74) is 7.54. The molecular weight excluding hydrogens is 578 g/mol. The monoisotopic (exact) mass is 604 g/mol. The van der Waals surface area contributed by atoms with Gasteiger partial charge in [0.15, 0.2) is 0 Å². The molecule has 3 rings (SSSR count). The highest BCUT2D eigenvalue weighted by atomic mass is 35.5. The lowest BCUT2D eigenvalue weighted by Crippen LogP contribution is -2.48. The number of carbonyl (C=O) groups is 3. The molecule has 1 aliphatic heterocycles. The molecule has 14 heteroatoms. The Morgan fingerprint density at radius 3 is 2.29 bits per heavy atom. The summed E-state index contributed by atoms with van der Waals surface area (Å²) in [7, 11) is 0. The van der Waals surface area contributed by atoms with Crippen molar-refractivity contribution in [3.63, 3.8) is 0 Å². The Labute approximate surface area is 236 Å². The minimum Gasteiger partial charge on any atom is -0.369 e. The van der Waals surface area contributed by atoms with Crippen LogP contribution in [0.25, 0.3) is 0 Å². The summed E-state index contributed by atoms with van der Waals surface area (Å²) in [5.74, 6) is -6.72. The molecule has 222 valence electrons. The summed E-state index contributed by atoms with van der Waals surface area (Å²) in [6.45, 7) is 1.82. The highest BCUT2D eigenvalue weighted by Gasteiger charge is 2.39. The number of rotatable bonds is 10. The molecule has 2 aromatic carbocycles. The molecule has 4 N–H and O–H groups in total. The summed E-state index contributed by atoms with van der Waals surface area (Å²) in [6, 6.07) is 11.8. The fourth-order valence-corrected chi connectivity index (χ4v) is 4.78. The van der Waals surface area contributed by atoms with E-state index in [-0.39, 0.29) is 16.4 Å². The number of hydrogen-bond donors (Lipinski definition) is 3. The van der Waals surface area contributed by atoms with Crippen LogP contribution in [0.15, 0.2) is 47.5 Å². The smallest absolute Gasteiger partial charge is 0.369 e. The van der Waals surface area contributed by atoms with Crippen LogP contribution in [0.4, 0.5) is 32.0 Å². The first-order valence-corrected chi connectivity index (χ1v) is 12.9. The van der Waals surface area contributed by atoms with E-state index in [2.05, 4.69) is 15.6 Å². The number of nitrogens with two attached hydrogens (primary N) is 1. The van der Waals surface area contributed by atoms with Gasteiger partial charge in [0.25, 0.3) is 5.91 Å². The number of carbonyl (C=O) groups excluding carboxylic acids is 3. The number of benzodiazepines with no additional fused rings is 1. The molecule has 2 unspecified atom stereocenters. The molecule has 41 heavy (non-hydrogen) atoms. The van der Waals surface area contributed by atoms with Crippen molar-refractivity contribution in [3.05, 3.63) is 64.2 Å². The van der Waals surface area contributed by atoms with E-state index in [0.717, 1.165) is 5.56 Å². The third kappa shape index (κ3) is 8.94. The van der Waals surface area contributed by atoms with Crippen molar-refractivity contribution in [2.75, 3.05) is 5.32 Å². The van der Waals surface area contributed by atoms with Crippen molar-refractivity contribution in [1.82, 2.24) is 5.32 Å². The second-order valence-corrected chi connectivity index (χ2v) is 10.1. The number of amides is 3. The molecule has 0 bridgehead atoms. The van der Waals surface area contributed by atoms with Gasteiger partial charge >= 0.3 is 12.4 Å². The molecule has 0 spiro atoms. The largest absolute Gasteiger partial charge is 0.389 e. The van der Waals surface area contributed by atoms with Crippen LogP contribution in [-0.2, 0) is 14.4 Å². The van der Waals surface area contributed by atoms with Crippen LogP contribution in [0, 0.1) is 18.8 Å². The molecule has 0 aliphatic carbocycles. The maximum atomic E-state index is 13.3.